The van der Waals surface area contributed by atoms with Crippen LogP contribution in [0, 0.1) is 41.4 Å². The van der Waals surface area contributed by atoms with E-state index in [1.165, 1.54) is 25.7 Å². The van der Waals surface area contributed by atoms with Gasteiger partial charge >= 0.3 is 0 Å². The molecule has 0 aromatic rings. The van der Waals surface area contributed by atoms with Gasteiger partial charge in [0.1, 0.15) is 7.85 Å². The van der Waals surface area contributed by atoms with E-state index in [1.54, 1.807) is 0 Å². The van der Waals surface area contributed by atoms with E-state index in [2.05, 4.69) is 42.5 Å². The van der Waals surface area contributed by atoms with Gasteiger partial charge in [0, 0.05) is 0 Å². The molecule has 2 aliphatic rings. The molecule has 0 spiro atoms. The summed E-state index contributed by atoms with van der Waals surface area (Å²) in [5.41, 5.74) is 0. The van der Waals surface area contributed by atoms with Crippen LogP contribution in [-0.4, -0.2) is 7.85 Å². The standard InChI is InChI=1S/C17H33B/c1-10-6-7-15(8-10)12(3)13(4)16-9-11(2)17(16)14(5)18/h10-17H,6-9,18H2,1-5H3. The minimum absolute atomic E-state index is 0.885. The van der Waals surface area contributed by atoms with E-state index in [1.807, 2.05) is 0 Å². The van der Waals surface area contributed by atoms with Crippen LogP contribution in [0.25, 0.3) is 0 Å². The van der Waals surface area contributed by atoms with Gasteiger partial charge < -0.3 is 0 Å². The molecular weight excluding hydrogens is 215 g/mol. The molecule has 0 heterocycles. The van der Waals surface area contributed by atoms with Gasteiger partial charge in [0.15, 0.2) is 0 Å². The van der Waals surface area contributed by atoms with Crippen LogP contribution in [0.3, 0.4) is 0 Å². The monoisotopic (exact) mass is 248 g/mol. The Bertz CT molecular complexity index is 268. The predicted octanol–water partition coefficient (Wildman–Crippen LogP) is 4.41. The van der Waals surface area contributed by atoms with Crippen LogP contribution in [-0.2, 0) is 0 Å². The molecule has 0 amide bonds. The summed E-state index contributed by atoms with van der Waals surface area (Å²) >= 11 is 0. The molecule has 0 aliphatic heterocycles. The molecule has 0 saturated heterocycles. The van der Waals surface area contributed by atoms with Gasteiger partial charge in [-0.25, -0.2) is 0 Å². The molecule has 2 fully saturated rings. The fourth-order valence-corrected chi connectivity index (χ4v) is 5.23. The third-order valence-corrected chi connectivity index (χ3v) is 6.55. The van der Waals surface area contributed by atoms with E-state index in [0.29, 0.717) is 0 Å². The first kappa shape index (κ1) is 14.5. The minimum atomic E-state index is 0.885. The van der Waals surface area contributed by atoms with Crippen molar-refractivity contribution in [2.75, 3.05) is 0 Å². The predicted molar refractivity (Wildman–Crippen MR) is 83.6 cm³/mol. The summed E-state index contributed by atoms with van der Waals surface area (Å²) in [4.78, 5) is 0. The molecule has 0 nitrogen and oxygen atoms in total. The molecule has 2 saturated carbocycles. The highest BCUT2D eigenvalue weighted by Crippen LogP contribution is 2.53. The Labute approximate surface area is 116 Å². The highest BCUT2D eigenvalue weighted by molar-refractivity contribution is 6.11. The molecule has 0 aromatic carbocycles. The quantitative estimate of drug-likeness (QED) is 0.646. The zero-order chi connectivity index (χ0) is 13.4. The summed E-state index contributed by atoms with van der Waals surface area (Å²) in [7, 11) is 2.43. The molecule has 0 N–H and O–H groups in total. The Hall–Kier alpha value is 0.0649. The fourth-order valence-electron chi connectivity index (χ4n) is 5.23. The summed E-state index contributed by atoms with van der Waals surface area (Å²) in [6.07, 6.45) is 5.98. The van der Waals surface area contributed by atoms with Gasteiger partial charge in [0.2, 0.25) is 0 Å². The molecular formula is C17H33B. The van der Waals surface area contributed by atoms with Crippen molar-refractivity contribution in [2.45, 2.75) is 66.1 Å². The van der Waals surface area contributed by atoms with E-state index in [4.69, 9.17) is 0 Å². The molecule has 0 bridgehead atoms. The summed E-state index contributed by atoms with van der Waals surface area (Å²) in [5, 5.41) is 0. The van der Waals surface area contributed by atoms with Crippen molar-refractivity contribution in [3.8, 4) is 0 Å². The smallest absolute Gasteiger partial charge is 0.0694 e. The third kappa shape index (κ3) is 2.65. The van der Waals surface area contributed by atoms with Crippen LogP contribution in [0.15, 0.2) is 0 Å². The first-order chi connectivity index (χ1) is 8.41. The third-order valence-electron chi connectivity index (χ3n) is 6.55. The molecule has 2 aliphatic carbocycles. The maximum atomic E-state index is 2.56. The topological polar surface area (TPSA) is 0 Å². The largest absolute Gasteiger partial charge is 0.105 e. The average molecular weight is 248 g/mol. The lowest BCUT2D eigenvalue weighted by atomic mass is 9.51. The summed E-state index contributed by atoms with van der Waals surface area (Å²) in [6.45, 7) is 12.5. The van der Waals surface area contributed by atoms with E-state index < -0.39 is 0 Å². The normalized spacial score (nSPS) is 45.3. The van der Waals surface area contributed by atoms with Gasteiger partial charge in [-0.2, -0.15) is 0 Å². The van der Waals surface area contributed by atoms with Crippen LogP contribution >= 0.6 is 0 Å². The molecule has 0 aromatic heterocycles. The van der Waals surface area contributed by atoms with Crippen molar-refractivity contribution in [3.05, 3.63) is 0 Å². The molecule has 2 rings (SSSR count). The zero-order valence-electron chi connectivity index (χ0n) is 13.4. The van der Waals surface area contributed by atoms with Crippen molar-refractivity contribution >= 4 is 7.85 Å². The van der Waals surface area contributed by atoms with Gasteiger partial charge in [0.05, 0.1) is 0 Å². The van der Waals surface area contributed by atoms with Crippen LogP contribution in [0.2, 0.25) is 5.82 Å². The zero-order valence-corrected chi connectivity index (χ0v) is 13.4. The van der Waals surface area contributed by atoms with Crippen LogP contribution in [0.5, 0.6) is 0 Å². The van der Waals surface area contributed by atoms with Gasteiger partial charge in [-0.1, -0.05) is 46.9 Å². The first-order valence-electron chi connectivity index (χ1n) is 8.41. The Morgan fingerprint density at radius 1 is 0.944 bits per heavy atom. The second-order valence-corrected chi connectivity index (χ2v) is 8.09. The minimum Gasteiger partial charge on any atom is -0.0694 e. The van der Waals surface area contributed by atoms with E-state index in [-0.39, 0.29) is 0 Å². The lowest BCUT2D eigenvalue weighted by molar-refractivity contribution is 0.00633. The summed E-state index contributed by atoms with van der Waals surface area (Å²) in [5.74, 6) is 7.80. The Morgan fingerprint density at radius 2 is 1.61 bits per heavy atom. The van der Waals surface area contributed by atoms with Crippen molar-refractivity contribution < 1.29 is 0 Å². The van der Waals surface area contributed by atoms with Crippen LogP contribution in [0.1, 0.15) is 60.3 Å². The van der Waals surface area contributed by atoms with E-state index in [9.17, 15) is 0 Å². The highest BCUT2D eigenvalue weighted by atomic mass is 14.5. The maximum Gasteiger partial charge on any atom is 0.105 e. The van der Waals surface area contributed by atoms with Gasteiger partial charge in [-0.05, 0) is 60.7 Å². The lowest BCUT2D eigenvalue weighted by Crippen LogP contribution is -2.43. The SMILES string of the molecule is BC(C)C1C(C)CC1C(C)C(C)C1CCC(C)C1. The van der Waals surface area contributed by atoms with Crippen LogP contribution in [0.4, 0.5) is 0 Å². The van der Waals surface area contributed by atoms with Crippen molar-refractivity contribution in [1.29, 1.82) is 0 Å². The number of rotatable bonds is 4. The molecule has 18 heavy (non-hydrogen) atoms. The van der Waals surface area contributed by atoms with Gasteiger partial charge in [0.25, 0.3) is 0 Å². The fraction of sp³-hybridized carbons (Fsp3) is 1.00. The molecule has 8 atom stereocenters. The van der Waals surface area contributed by atoms with Crippen molar-refractivity contribution in [2.24, 2.45) is 41.4 Å². The number of hydrogen-bond donors (Lipinski definition) is 0. The first-order valence-corrected chi connectivity index (χ1v) is 8.41. The van der Waals surface area contributed by atoms with Crippen molar-refractivity contribution in [3.63, 3.8) is 0 Å². The van der Waals surface area contributed by atoms with E-state index in [0.717, 1.165) is 47.2 Å². The molecule has 1 heteroatoms. The van der Waals surface area contributed by atoms with Crippen molar-refractivity contribution in [1.82, 2.24) is 0 Å². The number of hydrogen-bond acceptors (Lipinski definition) is 0. The summed E-state index contributed by atoms with van der Waals surface area (Å²) in [6, 6.07) is 0. The summed E-state index contributed by atoms with van der Waals surface area (Å²) < 4.78 is 0. The maximum absolute atomic E-state index is 2.56. The Morgan fingerprint density at radius 3 is 2.06 bits per heavy atom. The Balaban J connectivity index is 1.93. The van der Waals surface area contributed by atoms with Crippen LogP contribution < -0.4 is 0 Å². The highest BCUT2D eigenvalue weighted by Gasteiger charge is 2.44. The second-order valence-electron chi connectivity index (χ2n) is 8.09. The molecule has 0 radical (unpaired) electrons. The lowest BCUT2D eigenvalue weighted by Gasteiger charge is -2.51. The van der Waals surface area contributed by atoms with Gasteiger partial charge in [-0.15, -0.1) is 0 Å². The average Bonchev–Trinajstić information content (AvgIpc) is 2.69. The molecule has 8 unspecified atom stereocenters. The van der Waals surface area contributed by atoms with E-state index >= 15 is 0 Å². The Kier molecular flexibility index (Phi) is 4.50. The second kappa shape index (κ2) is 5.59. The van der Waals surface area contributed by atoms with Gasteiger partial charge in [-0.3, -0.25) is 0 Å². The molecule has 104 valence electrons.